The van der Waals surface area contributed by atoms with Gasteiger partial charge in [-0.25, -0.2) is 0 Å². The summed E-state index contributed by atoms with van der Waals surface area (Å²) in [6.45, 7) is 5.51. The summed E-state index contributed by atoms with van der Waals surface area (Å²) in [7, 11) is 0. The number of fused-ring (bicyclic) bond motifs is 2. The Hall–Kier alpha value is -2.38. The van der Waals surface area contributed by atoms with Gasteiger partial charge in [0.2, 0.25) is 5.91 Å². The van der Waals surface area contributed by atoms with Gasteiger partial charge >= 0.3 is 0 Å². The van der Waals surface area contributed by atoms with E-state index in [1.165, 1.54) is 0 Å². The van der Waals surface area contributed by atoms with Crippen molar-refractivity contribution < 1.29 is 14.6 Å². The van der Waals surface area contributed by atoms with Crippen molar-refractivity contribution in [3.8, 4) is 5.75 Å². The molecule has 3 heterocycles. The van der Waals surface area contributed by atoms with Gasteiger partial charge < -0.3 is 14.7 Å². The van der Waals surface area contributed by atoms with E-state index in [1.807, 2.05) is 39.9 Å². The van der Waals surface area contributed by atoms with Gasteiger partial charge in [0.15, 0.2) is 0 Å². The van der Waals surface area contributed by atoms with Crippen molar-refractivity contribution in [2.45, 2.75) is 32.5 Å². The fraction of sp³-hybridized carbons (Fsp3) is 0.474. The van der Waals surface area contributed by atoms with E-state index in [2.05, 4.69) is 10.00 Å². The van der Waals surface area contributed by atoms with Gasteiger partial charge in [0.05, 0.1) is 36.3 Å². The van der Waals surface area contributed by atoms with Crippen molar-refractivity contribution in [3.63, 3.8) is 0 Å². The first-order valence-electron chi connectivity index (χ1n) is 9.11. The van der Waals surface area contributed by atoms with Gasteiger partial charge in [-0.15, -0.1) is 0 Å². The number of hydrogen-bond acceptors (Lipinski definition) is 5. The van der Waals surface area contributed by atoms with Crippen molar-refractivity contribution in [1.82, 2.24) is 14.7 Å². The lowest BCUT2D eigenvalue weighted by molar-refractivity contribution is -0.120. The van der Waals surface area contributed by atoms with Crippen molar-refractivity contribution in [1.29, 1.82) is 0 Å². The lowest BCUT2D eigenvalue weighted by atomic mass is 10.2. The highest BCUT2D eigenvalue weighted by molar-refractivity contribution is 5.96. The molecule has 1 atom stereocenters. The van der Waals surface area contributed by atoms with Crippen LogP contribution in [0.2, 0.25) is 0 Å². The molecular weight excluding hydrogens is 332 g/mol. The summed E-state index contributed by atoms with van der Waals surface area (Å²) in [5.74, 6) is 0.854. The van der Waals surface area contributed by atoms with Gasteiger partial charge in [0.1, 0.15) is 12.4 Å². The smallest absolute Gasteiger partial charge is 0.241 e. The molecule has 138 valence electrons. The Bertz CT molecular complexity index is 802. The second-order valence-electron chi connectivity index (χ2n) is 6.89. The van der Waals surface area contributed by atoms with Crippen LogP contribution < -0.4 is 9.64 Å². The van der Waals surface area contributed by atoms with E-state index in [-0.39, 0.29) is 5.91 Å². The quantitative estimate of drug-likeness (QED) is 0.904. The molecule has 0 fully saturated rings. The topological polar surface area (TPSA) is 70.8 Å². The molecule has 2 aliphatic heterocycles. The Morgan fingerprint density at radius 2 is 2.15 bits per heavy atom. The van der Waals surface area contributed by atoms with Crippen LogP contribution in [0.25, 0.3) is 0 Å². The maximum Gasteiger partial charge on any atom is 0.241 e. The van der Waals surface area contributed by atoms with Gasteiger partial charge in [-0.2, -0.15) is 5.10 Å². The first-order chi connectivity index (χ1) is 12.6. The number of amides is 1. The van der Waals surface area contributed by atoms with Crippen LogP contribution in [0, 0.1) is 0 Å². The maximum absolute atomic E-state index is 12.9. The largest absolute Gasteiger partial charge is 0.490 e. The Morgan fingerprint density at radius 3 is 3.00 bits per heavy atom. The third kappa shape index (κ3) is 3.32. The lowest BCUT2D eigenvalue weighted by Crippen LogP contribution is -2.44. The first-order valence-corrected chi connectivity index (χ1v) is 9.11. The monoisotopic (exact) mass is 356 g/mol. The van der Waals surface area contributed by atoms with E-state index in [4.69, 9.17) is 4.74 Å². The number of para-hydroxylation sites is 2. The third-order valence-corrected chi connectivity index (χ3v) is 4.93. The SMILES string of the molecule is C[C@H](O)c1cc2n(n1)CCCN(CC(=O)N1CCOc3ccccc31)C2. The number of anilines is 1. The third-order valence-electron chi connectivity index (χ3n) is 4.93. The average Bonchev–Trinajstić information content (AvgIpc) is 2.95. The normalized spacial score (nSPS) is 18.5. The summed E-state index contributed by atoms with van der Waals surface area (Å²) in [6, 6.07) is 9.62. The van der Waals surface area contributed by atoms with E-state index in [1.54, 1.807) is 6.92 Å². The van der Waals surface area contributed by atoms with Crippen LogP contribution in [0.3, 0.4) is 0 Å². The highest BCUT2D eigenvalue weighted by Gasteiger charge is 2.26. The molecular formula is C19H24N4O3. The first kappa shape index (κ1) is 17.1. The van der Waals surface area contributed by atoms with Crippen LogP contribution in [-0.2, 0) is 17.9 Å². The molecule has 7 heteroatoms. The molecule has 1 aromatic carbocycles. The standard InChI is InChI=1S/C19H24N4O3/c1-14(24)16-11-15-12-21(7-4-8-23(15)20-16)13-19(25)22-9-10-26-18-6-3-2-5-17(18)22/h2-3,5-6,11,14,24H,4,7-10,12-13H2,1H3/t14-/m0/s1. The number of aromatic nitrogens is 2. The Kier molecular flexibility index (Phi) is 4.65. The molecule has 0 saturated heterocycles. The molecule has 4 rings (SSSR count). The average molecular weight is 356 g/mol. The molecule has 2 aromatic rings. The number of aliphatic hydroxyl groups excluding tert-OH is 1. The predicted molar refractivity (Wildman–Crippen MR) is 97.0 cm³/mol. The molecule has 1 amide bonds. The molecule has 0 spiro atoms. The van der Waals surface area contributed by atoms with Gasteiger partial charge in [-0.3, -0.25) is 14.4 Å². The van der Waals surface area contributed by atoms with Crippen LogP contribution in [0.5, 0.6) is 5.75 Å². The van der Waals surface area contributed by atoms with Crippen molar-refractivity contribution >= 4 is 11.6 Å². The van der Waals surface area contributed by atoms with Crippen LogP contribution in [0.4, 0.5) is 5.69 Å². The van der Waals surface area contributed by atoms with E-state index in [0.29, 0.717) is 31.9 Å². The number of ether oxygens (including phenoxy) is 1. The van der Waals surface area contributed by atoms with E-state index in [0.717, 1.165) is 36.6 Å². The molecule has 26 heavy (non-hydrogen) atoms. The fourth-order valence-electron chi connectivity index (χ4n) is 3.60. The molecule has 0 radical (unpaired) electrons. The zero-order chi connectivity index (χ0) is 18.1. The van der Waals surface area contributed by atoms with Gasteiger partial charge in [0, 0.05) is 19.6 Å². The molecule has 1 aromatic heterocycles. The number of carbonyl (C=O) groups is 1. The number of aryl methyl sites for hydroxylation is 1. The van der Waals surface area contributed by atoms with Gasteiger partial charge in [-0.05, 0) is 31.5 Å². The van der Waals surface area contributed by atoms with Crippen LogP contribution >= 0.6 is 0 Å². The van der Waals surface area contributed by atoms with E-state index < -0.39 is 6.10 Å². The van der Waals surface area contributed by atoms with E-state index >= 15 is 0 Å². The van der Waals surface area contributed by atoms with Crippen LogP contribution in [0.15, 0.2) is 30.3 Å². The number of carbonyl (C=O) groups excluding carboxylic acids is 1. The summed E-state index contributed by atoms with van der Waals surface area (Å²) in [5.41, 5.74) is 2.59. The summed E-state index contributed by atoms with van der Waals surface area (Å²) in [6.07, 6.45) is 0.357. The Morgan fingerprint density at radius 1 is 1.31 bits per heavy atom. The maximum atomic E-state index is 12.9. The second kappa shape index (κ2) is 7.09. The Labute approximate surface area is 152 Å². The minimum Gasteiger partial charge on any atom is -0.490 e. The molecule has 0 unspecified atom stereocenters. The predicted octanol–water partition coefficient (Wildman–Crippen LogP) is 1.57. The van der Waals surface area contributed by atoms with Crippen molar-refractivity contribution in [2.75, 3.05) is 31.1 Å². The highest BCUT2D eigenvalue weighted by Crippen LogP contribution is 2.31. The second-order valence-corrected chi connectivity index (χ2v) is 6.89. The summed E-state index contributed by atoms with van der Waals surface area (Å²) < 4.78 is 7.60. The van der Waals surface area contributed by atoms with Crippen molar-refractivity contribution in [3.05, 3.63) is 41.7 Å². The number of benzene rings is 1. The lowest BCUT2D eigenvalue weighted by Gasteiger charge is -2.31. The number of rotatable bonds is 3. The number of aliphatic hydroxyl groups is 1. The number of nitrogens with zero attached hydrogens (tertiary/aromatic N) is 4. The molecule has 7 nitrogen and oxygen atoms in total. The van der Waals surface area contributed by atoms with E-state index in [9.17, 15) is 9.90 Å². The van der Waals surface area contributed by atoms with Crippen LogP contribution in [0.1, 0.15) is 30.8 Å². The van der Waals surface area contributed by atoms with Gasteiger partial charge in [-0.1, -0.05) is 12.1 Å². The van der Waals surface area contributed by atoms with Gasteiger partial charge in [0.25, 0.3) is 0 Å². The molecule has 1 N–H and O–H groups in total. The summed E-state index contributed by atoms with van der Waals surface area (Å²) >= 11 is 0. The molecule has 0 saturated carbocycles. The highest BCUT2D eigenvalue weighted by atomic mass is 16.5. The Balaban J connectivity index is 1.48. The van der Waals surface area contributed by atoms with Crippen LogP contribution in [-0.4, -0.2) is 51.9 Å². The molecule has 2 aliphatic rings. The summed E-state index contributed by atoms with van der Waals surface area (Å²) in [4.78, 5) is 16.9. The fourth-order valence-corrected chi connectivity index (χ4v) is 3.60. The molecule has 0 bridgehead atoms. The minimum absolute atomic E-state index is 0.0875. The number of hydrogen-bond donors (Lipinski definition) is 1. The molecule has 0 aliphatic carbocycles. The summed E-state index contributed by atoms with van der Waals surface area (Å²) in [5, 5.41) is 14.2. The zero-order valence-electron chi connectivity index (χ0n) is 15.0. The minimum atomic E-state index is -0.575. The zero-order valence-corrected chi connectivity index (χ0v) is 15.0. The van der Waals surface area contributed by atoms with Crippen molar-refractivity contribution in [2.24, 2.45) is 0 Å².